The molecule has 3 aromatic carbocycles. The van der Waals surface area contributed by atoms with Gasteiger partial charge in [0.1, 0.15) is 22.0 Å². The van der Waals surface area contributed by atoms with E-state index in [4.69, 9.17) is 17.0 Å². The third kappa shape index (κ3) is 4.38. The molecular weight excluding hydrogens is 651 g/mol. The predicted octanol–water partition coefficient (Wildman–Crippen LogP) is 8.84. The summed E-state index contributed by atoms with van der Waals surface area (Å²) in [5.74, 6) is -0.198. The molecule has 0 N–H and O–H groups in total. The summed E-state index contributed by atoms with van der Waals surface area (Å²) in [7, 11) is 0. The molecule has 0 unspecified atom stereocenters. The van der Waals surface area contributed by atoms with E-state index in [0.717, 1.165) is 58.3 Å². The Balaban J connectivity index is 1.25. The second-order valence-corrected chi connectivity index (χ2v) is 14.2. The number of benzene rings is 3. The zero-order valence-corrected chi connectivity index (χ0v) is 26.9. The number of thiophene rings is 2. The number of ether oxygens (including phenoxy) is 1. The third-order valence-electron chi connectivity index (χ3n) is 7.37. The van der Waals surface area contributed by atoms with Crippen molar-refractivity contribution in [3.8, 4) is 10.4 Å². The molecule has 4 aromatic heterocycles. The van der Waals surface area contributed by atoms with Crippen LogP contribution in [-0.2, 0) is 16.1 Å². The quantitative estimate of drug-likeness (QED) is 0.169. The molecule has 1 amide bonds. The molecule has 0 saturated carbocycles. The minimum atomic E-state index is -0.425. The van der Waals surface area contributed by atoms with E-state index in [1.807, 2.05) is 73.7 Å². The number of aromatic nitrogens is 3. The van der Waals surface area contributed by atoms with Crippen molar-refractivity contribution < 1.29 is 14.3 Å². The second kappa shape index (κ2) is 10.9. The first-order valence-electron chi connectivity index (χ1n) is 13.6. The molecule has 0 atom stereocenters. The normalized spacial score (nSPS) is 14.8. The molecule has 8 rings (SSSR count). The fourth-order valence-corrected chi connectivity index (χ4v) is 9.66. The molecule has 0 radical (unpaired) electrons. The van der Waals surface area contributed by atoms with Crippen LogP contribution in [0.2, 0.25) is 0 Å². The summed E-state index contributed by atoms with van der Waals surface area (Å²) < 4.78 is 20.3. The van der Waals surface area contributed by atoms with Crippen molar-refractivity contribution in [3.05, 3.63) is 78.4 Å². The van der Waals surface area contributed by atoms with E-state index in [9.17, 15) is 9.59 Å². The van der Waals surface area contributed by atoms with Crippen LogP contribution in [0.4, 0.5) is 10.5 Å². The lowest BCUT2D eigenvalue weighted by Crippen LogP contribution is -2.29. The number of fused-ring (bicyclic) bond motifs is 6. The lowest BCUT2D eigenvalue weighted by Gasteiger charge is -2.09. The number of thioether (sulfide) groups is 1. The van der Waals surface area contributed by atoms with Gasteiger partial charge < -0.3 is 4.74 Å². The third-order valence-corrected chi connectivity index (χ3v) is 11.7. The van der Waals surface area contributed by atoms with Crippen LogP contribution in [0.1, 0.15) is 12.5 Å². The molecule has 1 saturated heterocycles. The van der Waals surface area contributed by atoms with Crippen LogP contribution in [0.15, 0.2) is 77.8 Å². The van der Waals surface area contributed by atoms with Crippen molar-refractivity contribution in [1.29, 1.82) is 0 Å². The number of carbonyl (C=O) groups is 2. The van der Waals surface area contributed by atoms with Gasteiger partial charge in [-0.2, -0.15) is 8.75 Å². The van der Waals surface area contributed by atoms with E-state index in [2.05, 4.69) is 19.8 Å². The van der Waals surface area contributed by atoms with Crippen LogP contribution >= 0.6 is 58.4 Å². The van der Waals surface area contributed by atoms with Crippen molar-refractivity contribution >= 4 is 127 Å². The fourth-order valence-electron chi connectivity index (χ4n) is 5.32. The van der Waals surface area contributed by atoms with Gasteiger partial charge in [0.2, 0.25) is 0 Å². The first-order chi connectivity index (χ1) is 21.5. The van der Waals surface area contributed by atoms with Crippen LogP contribution in [0, 0.1) is 0 Å². The van der Waals surface area contributed by atoms with Gasteiger partial charge in [-0.25, -0.2) is 14.4 Å². The van der Waals surface area contributed by atoms with Crippen LogP contribution in [0.25, 0.3) is 52.0 Å². The van der Waals surface area contributed by atoms with Gasteiger partial charge in [-0.3, -0.25) is 9.69 Å². The highest BCUT2D eigenvalue weighted by Crippen LogP contribution is 2.47. The van der Waals surface area contributed by atoms with E-state index in [1.54, 1.807) is 27.2 Å². The Hall–Kier alpha value is -4.01. The Kier molecular flexibility index (Phi) is 6.79. The standard InChI is InChI=1S/C31H19N5O3S5/c1-2-35-29(37)28(43-31(35)40)32-19-13-12-17(23-24(19)34-44-33-23)22-14-20-26(42-22)27-25(18-10-6-7-11-21(18)41-27)36(20)30(38)39-15-16-8-4-3-5-9-16/h3-14H,2,15H2,1H3. The van der Waals surface area contributed by atoms with Crippen molar-refractivity contribution in [2.24, 2.45) is 4.99 Å². The number of aliphatic imine (C=N–C) groups is 1. The minimum Gasteiger partial charge on any atom is -0.444 e. The maximum absolute atomic E-state index is 13.7. The van der Waals surface area contributed by atoms with E-state index in [1.165, 1.54) is 16.7 Å². The number of rotatable bonds is 5. The van der Waals surface area contributed by atoms with Crippen molar-refractivity contribution in [2.75, 3.05) is 6.54 Å². The molecule has 0 aliphatic carbocycles. The van der Waals surface area contributed by atoms with Crippen LogP contribution in [-0.4, -0.2) is 46.1 Å². The maximum Gasteiger partial charge on any atom is 0.419 e. The molecule has 1 aliphatic heterocycles. The smallest absolute Gasteiger partial charge is 0.419 e. The Morgan fingerprint density at radius 3 is 2.59 bits per heavy atom. The lowest BCUT2D eigenvalue weighted by atomic mass is 10.1. The SMILES string of the molecule is CCN1C(=O)C(=Nc2ccc(-c3cc4c(s3)c3sc5ccccc5c3n4C(=O)OCc3ccccc3)c3nsnc23)SC1=S. The molecule has 1 aliphatic rings. The number of hydrogen-bond donors (Lipinski definition) is 0. The zero-order chi connectivity index (χ0) is 29.9. The monoisotopic (exact) mass is 669 g/mol. The molecule has 216 valence electrons. The highest BCUT2D eigenvalue weighted by molar-refractivity contribution is 8.35. The van der Waals surface area contributed by atoms with E-state index >= 15 is 0 Å². The van der Waals surface area contributed by atoms with Gasteiger partial charge in [-0.15, -0.1) is 22.7 Å². The summed E-state index contributed by atoms with van der Waals surface area (Å²) in [6, 6.07) is 23.6. The summed E-state index contributed by atoms with van der Waals surface area (Å²) in [5.41, 5.74) is 5.33. The second-order valence-electron chi connectivity index (χ2n) is 9.90. The number of carbonyl (C=O) groups excluding carboxylic acids is 2. The molecular formula is C31H19N5O3S5. The molecule has 1 fully saturated rings. The number of hydrogen-bond acceptors (Lipinski definition) is 11. The zero-order valence-electron chi connectivity index (χ0n) is 22.8. The number of nitrogens with zero attached hydrogens (tertiary/aromatic N) is 5. The minimum absolute atomic E-state index is 0.177. The van der Waals surface area contributed by atoms with E-state index < -0.39 is 6.09 Å². The average molecular weight is 670 g/mol. The van der Waals surface area contributed by atoms with Gasteiger partial charge in [0.05, 0.1) is 37.8 Å². The molecule has 13 heteroatoms. The summed E-state index contributed by atoms with van der Waals surface area (Å²) in [5, 5.41) is 1.35. The average Bonchev–Trinajstić information content (AvgIpc) is 3.85. The Morgan fingerprint density at radius 1 is 0.977 bits per heavy atom. The lowest BCUT2D eigenvalue weighted by molar-refractivity contribution is -0.119. The summed E-state index contributed by atoms with van der Waals surface area (Å²) >= 11 is 10.9. The van der Waals surface area contributed by atoms with E-state index in [0.29, 0.717) is 32.6 Å². The summed E-state index contributed by atoms with van der Waals surface area (Å²) in [6.07, 6.45) is -0.425. The van der Waals surface area contributed by atoms with Gasteiger partial charge in [-0.05, 0) is 48.5 Å². The predicted molar refractivity (Wildman–Crippen MR) is 186 cm³/mol. The molecule has 0 spiro atoms. The Morgan fingerprint density at radius 2 is 1.77 bits per heavy atom. The first kappa shape index (κ1) is 27.5. The van der Waals surface area contributed by atoms with Gasteiger partial charge in [-0.1, -0.05) is 60.7 Å². The first-order valence-corrected chi connectivity index (χ1v) is 17.1. The van der Waals surface area contributed by atoms with Gasteiger partial charge in [0.15, 0.2) is 5.04 Å². The highest BCUT2D eigenvalue weighted by atomic mass is 32.2. The largest absolute Gasteiger partial charge is 0.444 e. The molecule has 8 nitrogen and oxygen atoms in total. The van der Waals surface area contributed by atoms with Crippen molar-refractivity contribution in [1.82, 2.24) is 18.2 Å². The van der Waals surface area contributed by atoms with Crippen LogP contribution < -0.4 is 0 Å². The topological polar surface area (TPSA) is 89.7 Å². The summed E-state index contributed by atoms with van der Waals surface area (Å²) in [4.78, 5) is 33.7. The van der Waals surface area contributed by atoms with Crippen molar-refractivity contribution in [2.45, 2.75) is 13.5 Å². The van der Waals surface area contributed by atoms with Crippen molar-refractivity contribution in [3.63, 3.8) is 0 Å². The number of thiocarbonyl (C=S) groups is 1. The Labute approximate surface area is 271 Å². The molecule has 7 aromatic rings. The Bertz CT molecular complexity index is 2330. The number of amides is 1. The highest BCUT2D eigenvalue weighted by Gasteiger charge is 2.33. The van der Waals surface area contributed by atoms with Gasteiger partial charge in [0, 0.05) is 27.1 Å². The van der Waals surface area contributed by atoms with Crippen LogP contribution in [0.5, 0.6) is 0 Å². The summed E-state index contributed by atoms with van der Waals surface area (Å²) in [6.45, 7) is 2.56. The molecule has 44 heavy (non-hydrogen) atoms. The molecule has 0 bridgehead atoms. The maximum atomic E-state index is 13.7. The van der Waals surface area contributed by atoms with Gasteiger partial charge in [0.25, 0.3) is 5.91 Å². The van der Waals surface area contributed by atoms with E-state index in [-0.39, 0.29) is 12.5 Å². The molecule has 5 heterocycles. The van der Waals surface area contributed by atoms with Gasteiger partial charge >= 0.3 is 6.09 Å². The fraction of sp³-hybridized carbons (Fsp3) is 0.0968. The van der Waals surface area contributed by atoms with Crippen LogP contribution in [0.3, 0.4) is 0 Å².